The second-order valence-electron chi connectivity index (χ2n) is 5.29. The molecule has 0 bridgehead atoms. The average molecular weight is 354 g/mol. The summed E-state index contributed by atoms with van der Waals surface area (Å²) in [5, 5.41) is 4.61. The zero-order valence-corrected chi connectivity index (χ0v) is 14.1. The number of fused-ring (bicyclic) bond motifs is 1. The largest absolute Gasteiger partial charge is 0.467 e. The quantitative estimate of drug-likeness (QED) is 0.586. The number of nitrogens with one attached hydrogen (secondary N) is 2. The van der Waals surface area contributed by atoms with Crippen LogP contribution in [0.4, 0.5) is 5.82 Å². The second kappa shape index (κ2) is 6.78. The molecule has 0 amide bonds. The van der Waals surface area contributed by atoms with Crippen molar-refractivity contribution in [2.24, 2.45) is 5.73 Å². The van der Waals surface area contributed by atoms with Crippen LogP contribution in [0, 0.1) is 0 Å². The first-order valence-electron chi connectivity index (χ1n) is 7.34. The number of H-pyrrole nitrogens is 1. The minimum atomic E-state index is 0.0310. The lowest BCUT2D eigenvalue weighted by Gasteiger charge is -2.07. The van der Waals surface area contributed by atoms with Gasteiger partial charge in [-0.1, -0.05) is 18.5 Å². The fourth-order valence-electron chi connectivity index (χ4n) is 2.34. The van der Waals surface area contributed by atoms with Gasteiger partial charge in [-0.3, -0.25) is 0 Å². The number of nitrogens with two attached hydrogens (primary N) is 1. The molecule has 0 aromatic carbocycles. The van der Waals surface area contributed by atoms with Gasteiger partial charge in [-0.25, -0.2) is 0 Å². The highest BCUT2D eigenvalue weighted by Gasteiger charge is 2.18. The van der Waals surface area contributed by atoms with Crippen LogP contribution in [0.15, 0.2) is 22.8 Å². The van der Waals surface area contributed by atoms with Crippen LogP contribution in [0.25, 0.3) is 11.0 Å². The van der Waals surface area contributed by atoms with E-state index in [-0.39, 0.29) is 11.3 Å². The van der Waals surface area contributed by atoms with E-state index in [2.05, 4.69) is 20.3 Å². The van der Waals surface area contributed by atoms with E-state index < -0.39 is 0 Å². The predicted octanol–water partition coefficient (Wildman–Crippen LogP) is 3.75. The Hall–Kier alpha value is -1.76. The van der Waals surface area contributed by atoms with Crippen molar-refractivity contribution >= 4 is 40.1 Å². The molecule has 0 saturated carbocycles. The van der Waals surface area contributed by atoms with Gasteiger partial charge >= 0.3 is 0 Å². The molecule has 3 aromatic rings. The third-order valence-electron chi connectivity index (χ3n) is 3.64. The van der Waals surface area contributed by atoms with Crippen molar-refractivity contribution in [3.8, 4) is 0 Å². The Morgan fingerprint density at radius 3 is 2.91 bits per heavy atom. The first kappa shape index (κ1) is 16.1. The molecule has 0 fully saturated rings. The molecule has 0 radical (unpaired) electrons. The molecule has 8 heteroatoms. The Kier molecular flexibility index (Phi) is 4.75. The topological polar surface area (TPSA) is 92.8 Å². The van der Waals surface area contributed by atoms with Gasteiger partial charge in [-0.15, -0.1) is 0 Å². The molecule has 23 heavy (non-hydrogen) atoms. The lowest BCUT2D eigenvalue weighted by Crippen LogP contribution is -2.21. The Balaban J connectivity index is 1.96. The molecule has 3 heterocycles. The number of furan rings is 1. The number of aromatic amines is 1. The van der Waals surface area contributed by atoms with Crippen LogP contribution in [0.2, 0.25) is 10.3 Å². The molecule has 3 aromatic heterocycles. The Bertz CT molecular complexity index is 800. The number of anilines is 1. The van der Waals surface area contributed by atoms with E-state index >= 15 is 0 Å². The van der Waals surface area contributed by atoms with Gasteiger partial charge in [0.15, 0.2) is 0 Å². The zero-order chi connectivity index (χ0) is 16.4. The second-order valence-corrected chi connectivity index (χ2v) is 6.00. The molecule has 0 spiro atoms. The van der Waals surface area contributed by atoms with Crippen molar-refractivity contribution in [3.05, 3.63) is 40.2 Å². The van der Waals surface area contributed by atoms with Crippen LogP contribution in [-0.4, -0.2) is 21.0 Å². The van der Waals surface area contributed by atoms with E-state index in [4.69, 9.17) is 33.4 Å². The third kappa shape index (κ3) is 3.44. The smallest absolute Gasteiger partial charge is 0.226 e. The highest BCUT2D eigenvalue weighted by Crippen LogP contribution is 2.33. The minimum absolute atomic E-state index is 0.0310. The monoisotopic (exact) mass is 353 g/mol. The molecule has 1 unspecified atom stereocenters. The summed E-state index contributed by atoms with van der Waals surface area (Å²) in [5.74, 6) is 1.35. The van der Waals surface area contributed by atoms with Crippen molar-refractivity contribution in [2.75, 3.05) is 5.32 Å². The summed E-state index contributed by atoms with van der Waals surface area (Å²) in [6, 6.07) is 3.73. The van der Waals surface area contributed by atoms with Crippen LogP contribution in [0.3, 0.4) is 0 Å². The molecule has 4 N–H and O–H groups in total. The van der Waals surface area contributed by atoms with Crippen LogP contribution in [0.5, 0.6) is 0 Å². The first-order chi connectivity index (χ1) is 11.1. The molecule has 1 atom stereocenters. The van der Waals surface area contributed by atoms with Crippen molar-refractivity contribution in [1.82, 2.24) is 15.0 Å². The molecule has 122 valence electrons. The van der Waals surface area contributed by atoms with Gasteiger partial charge < -0.3 is 20.5 Å². The first-order valence-corrected chi connectivity index (χ1v) is 8.09. The standard InChI is InChI=1S/C15H17Cl2N5O/c1-2-8(18)6-10-12(16)11-13(19-7-9-4-3-5-23-9)21-15(17)22-14(11)20-10/h3-5,8H,2,6-7,18H2,1H3,(H2,19,20,21,22). The van der Waals surface area contributed by atoms with Gasteiger partial charge in [0.25, 0.3) is 0 Å². The molecular weight excluding hydrogens is 337 g/mol. The van der Waals surface area contributed by atoms with Crippen molar-refractivity contribution < 1.29 is 4.42 Å². The van der Waals surface area contributed by atoms with Gasteiger partial charge in [-0.2, -0.15) is 9.97 Å². The summed E-state index contributed by atoms with van der Waals surface area (Å²) in [6.45, 7) is 2.51. The summed E-state index contributed by atoms with van der Waals surface area (Å²) in [4.78, 5) is 11.6. The maximum absolute atomic E-state index is 6.50. The number of hydrogen-bond acceptors (Lipinski definition) is 5. The summed E-state index contributed by atoms with van der Waals surface area (Å²) < 4.78 is 5.30. The van der Waals surface area contributed by atoms with E-state index in [9.17, 15) is 0 Å². The maximum Gasteiger partial charge on any atom is 0.226 e. The molecule has 0 aliphatic carbocycles. The molecule has 0 aliphatic heterocycles. The lowest BCUT2D eigenvalue weighted by molar-refractivity contribution is 0.518. The van der Waals surface area contributed by atoms with Crippen LogP contribution in [-0.2, 0) is 13.0 Å². The number of nitrogens with zero attached hydrogens (tertiary/aromatic N) is 2. The highest BCUT2D eigenvalue weighted by atomic mass is 35.5. The summed E-state index contributed by atoms with van der Waals surface area (Å²) in [5.41, 5.74) is 7.45. The summed E-state index contributed by atoms with van der Waals surface area (Å²) in [7, 11) is 0. The van der Waals surface area contributed by atoms with Crippen molar-refractivity contribution in [3.63, 3.8) is 0 Å². The lowest BCUT2D eigenvalue weighted by atomic mass is 10.1. The number of hydrogen-bond donors (Lipinski definition) is 3. The fourth-order valence-corrected chi connectivity index (χ4v) is 2.81. The van der Waals surface area contributed by atoms with E-state index in [1.165, 1.54) is 0 Å². The molecule has 0 saturated heterocycles. The number of rotatable bonds is 6. The van der Waals surface area contributed by atoms with Crippen LogP contribution >= 0.6 is 23.2 Å². The van der Waals surface area contributed by atoms with Gasteiger partial charge in [0.2, 0.25) is 5.28 Å². The fraction of sp³-hybridized carbons (Fsp3) is 0.333. The average Bonchev–Trinajstić information content (AvgIpc) is 3.14. The Labute approximate surface area is 143 Å². The summed E-state index contributed by atoms with van der Waals surface area (Å²) in [6.07, 6.45) is 3.12. The number of halogens is 2. The molecular formula is C15H17Cl2N5O. The Morgan fingerprint density at radius 2 is 2.22 bits per heavy atom. The molecule has 6 nitrogen and oxygen atoms in total. The predicted molar refractivity (Wildman–Crippen MR) is 91.9 cm³/mol. The van der Waals surface area contributed by atoms with Gasteiger partial charge in [0.05, 0.1) is 23.2 Å². The SMILES string of the molecule is CCC(N)Cc1[nH]c2nc(Cl)nc(NCc3ccco3)c2c1Cl. The van der Waals surface area contributed by atoms with Crippen molar-refractivity contribution in [2.45, 2.75) is 32.4 Å². The van der Waals surface area contributed by atoms with E-state index in [0.717, 1.165) is 17.9 Å². The van der Waals surface area contributed by atoms with Crippen LogP contribution in [0.1, 0.15) is 24.8 Å². The zero-order valence-electron chi connectivity index (χ0n) is 12.6. The van der Waals surface area contributed by atoms with E-state index in [1.54, 1.807) is 6.26 Å². The van der Waals surface area contributed by atoms with E-state index in [0.29, 0.717) is 34.8 Å². The number of aromatic nitrogens is 3. The maximum atomic E-state index is 6.50. The highest BCUT2D eigenvalue weighted by molar-refractivity contribution is 6.37. The third-order valence-corrected chi connectivity index (χ3v) is 4.22. The van der Waals surface area contributed by atoms with E-state index in [1.807, 2.05) is 19.1 Å². The Morgan fingerprint density at radius 1 is 1.39 bits per heavy atom. The van der Waals surface area contributed by atoms with Crippen molar-refractivity contribution in [1.29, 1.82) is 0 Å². The molecule has 0 aliphatic rings. The molecule has 3 rings (SSSR count). The summed E-state index contributed by atoms with van der Waals surface area (Å²) >= 11 is 12.5. The van der Waals surface area contributed by atoms with Crippen LogP contribution < -0.4 is 11.1 Å². The normalized spacial score (nSPS) is 12.7. The van der Waals surface area contributed by atoms with Gasteiger partial charge in [0, 0.05) is 18.2 Å². The van der Waals surface area contributed by atoms with Gasteiger partial charge in [-0.05, 0) is 30.2 Å². The minimum Gasteiger partial charge on any atom is -0.467 e. The van der Waals surface area contributed by atoms with Gasteiger partial charge in [0.1, 0.15) is 17.2 Å².